The molecule has 3 amide bonds. The molecule has 0 spiro atoms. The zero-order chi connectivity index (χ0) is 16.6. The number of carboxylic acid groups (broad SMARTS) is 1. The Morgan fingerprint density at radius 2 is 1.45 bits per heavy atom. The highest BCUT2D eigenvalue weighted by Gasteiger charge is 2.39. The Balaban J connectivity index is 2.33. The van der Waals surface area contributed by atoms with Gasteiger partial charge in [0.25, 0.3) is 0 Å². The van der Waals surface area contributed by atoms with Gasteiger partial charge in [0.1, 0.15) is 0 Å². The number of rotatable bonds is 7. The molecule has 124 valence electrons. The van der Waals surface area contributed by atoms with Gasteiger partial charge in [-0.2, -0.15) is 0 Å². The monoisotopic (exact) mass is 313 g/mol. The van der Waals surface area contributed by atoms with Crippen LogP contribution in [0.4, 0.5) is 0 Å². The lowest BCUT2D eigenvalue weighted by Gasteiger charge is -2.33. The van der Waals surface area contributed by atoms with Gasteiger partial charge in [-0.05, 0) is 12.8 Å². The van der Waals surface area contributed by atoms with Crippen LogP contribution in [0, 0.1) is 5.41 Å². The Labute approximate surface area is 129 Å². The van der Waals surface area contributed by atoms with Gasteiger partial charge in [-0.25, -0.2) is 0 Å². The summed E-state index contributed by atoms with van der Waals surface area (Å²) in [5.41, 5.74) is -0.895. The van der Waals surface area contributed by atoms with E-state index in [9.17, 15) is 24.3 Å². The molecule has 0 aromatic rings. The predicted octanol–water partition coefficient (Wildman–Crippen LogP) is -0.610. The Morgan fingerprint density at radius 3 is 2.00 bits per heavy atom. The van der Waals surface area contributed by atoms with Crippen molar-refractivity contribution in [3.8, 4) is 0 Å². The third-order valence-corrected chi connectivity index (χ3v) is 3.83. The van der Waals surface area contributed by atoms with E-state index in [1.165, 1.54) is 6.92 Å². The molecule has 1 aliphatic carbocycles. The minimum Gasteiger partial charge on any atom is -0.481 e. The van der Waals surface area contributed by atoms with Crippen LogP contribution >= 0.6 is 0 Å². The maximum absolute atomic E-state index is 11.7. The third kappa shape index (κ3) is 5.71. The van der Waals surface area contributed by atoms with Crippen molar-refractivity contribution < 1.29 is 24.3 Å². The summed E-state index contributed by atoms with van der Waals surface area (Å²) in [5, 5.41) is 16.6. The molecule has 0 bridgehead atoms. The Hall–Kier alpha value is -2.12. The molecule has 22 heavy (non-hydrogen) atoms. The lowest BCUT2D eigenvalue weighted by molar-refractivity contribution is -0.151. The number of nitrogens with one attached hydrogen (secondary N) is 3. The van der Waals surface area contributed by atoms with E-state index in [0.717, 1.165) is 19.3 Å². The van der Waals surface area contributed by atoms with E-state index in [1.54, 1.807) is 0 Å². The van der Waals surface area contributed by atoms with Crippen molar-refractivity contribution >= 4 is 23.7 Å². The standard InChI is InChI=1S/C14H23N3O5/c1-10(18)15-7-11(19)16-8-12(20)17-9-14(13(21)22)5-3-2-4-6-14/h2-9H2,1H3,(H,15,18)(H,16,19)(H,17,20)(H,21,22). The van der Waals surface area contributed by atoms with Crippen LogP contribution in [0.2, 0.25) is 0 Å². The molecule has 0 radical (unpaired) electrons. The van der Waals surface area contributed by atoms with Gasteiger partial charge < -0.3 is 21.1 Å². The van der Waals surface area contributed by atoms with Gasteiger partial charge in [0.2, 0.25) is 17.7 Å². The molecule has 8 heteroatoms. The van der Waals surface area contributed by atoms with Gasteiger partial charge in [0.05, 0.1) is 18.5 Å². The number of hydrogen-bond donors (Lipinski definition) is 4. The maximum Gasteiger partial charge on any atom is 0.311 e. The fourth-order valence-corrected chi connectivity index (χ4v) is 2.47. The van der Waals surface area contributed by atoms with E-state index in [4.69, 9.17) is 0 Å². The molecule has 1 saturated carbocycles. The number of amides is 3. The van der Waals surface area contributed by atoms with Crippen LogP contribution in [0.1, 0.15) is 39.0 Å². The van der Waals surface area contributed by atoms with Crippen LogP contribution in [0.3, 0.4) is 0 Å². The van der Waals surface area contributed by atoms with Crippen molar-refractivity contribution in [3.63, 3.8) is 0 Å². The average molecular weight is 313 g/mol. The molecule has 0 unspecified atom stereocenters. The predicted molar refractivity (Wildman–Crippen MR) is 77.9 cm³/mol. The normalized spacial score (nSPS) is 16.4. The number of carboxylic acids is 1. The quantitative estimate of drug-likeness (QED) is 0.499. The molecule has 1 rings (SSSR count). The Morgan fingerprint density at radius 1 is 0.909 bits per heavy atom. The van der Waals surface area contributed by atoms with Gasteiger partial charge in [0.15, 0.2) is 0 Å². The molecule has 0 atom stereocenters. The first kappa shape index (κ1) is 17.9. The van der Waals surface area contributed by atoms with Crippen LogP contribution in [0.5, 0.6) is 0 Å². The molecule has 0 saturated heterocycles. The molecule has 0 aromatic carbocycles. The molecule has 0 aliphatic heterocycles. The zero-order valence-electron chi connectivity index (χ0n) is 12.7. The first-order valence-corrected chi connectivity index (χ1v) is 7.37. The lowest BCUT2D eigenvalue weighted by atomic mass is 9.74. The minimum atomic E-state index is -0.895. The second-order valence-corrected chi connectivity index (χ2v) is 5.61. The summed E-state index contributed by atoms with van der Waals surface area (Å²) < 4.78 is 0. The molecular weight excluding hydrogens is 290 g/mol. The van der Waals surface area contributed by atoms with E-state index < -0.39 is 23.2 Å². The highest BCUT2D eigenvalue weighted by atomic mass is 16.4. The highest BCUT2D eigenvalue weighted by molar-refractivity contribution is 5.88. The van der Waals surface area contributed by atoms with Crippen LogP contribution in [0.25, 0.3) is 0 Å². The van der Waals surface area contributed by atoms with E-state index in [-0.39, 0.29) is 25.5 Å². The van der Waals surface area contributed by atoms with Crippen LogP contribution in [0.15, 0.2) is 0 Å². The van der Waals surface area contributed by atoms with Crippen molar-refractivity contribution in [1.82, 2.24) is 16.0 Å². The molecular formula is C14H23N3O5. The Bertz CT molecular complexity index is 444. The molecule has 0 heterocycles. The smallest absolute Gasteiger partial charge is 0.311 e. The van der Waals surface area contributed by atoms with E-state index in [1.807, 2.05) is 0 Å². The van der Waals surface area contributed by atoms with Gasteiger partial charge in [-0.15, -0.1) is 0 Å². The number of carbonyl (C=O) groups excluding carboxylic acids is 3. The topological polar surface area (TPSA) is 125 Å². The summed E-state index contributed by atoms with van der Waals surface area (Å²) in [6, 6.07) is 0. The fourth-order valence-electron chi connectivity index (χ4n) is 2.47. The second-order valence-electron chi connectivity index (χ2n) is 5.61. The molecule has 1 aliphatic rings. The van der Waals surface area contributed by atoms with E-state index in [0.29, 0.717) is 12.8 Å². The lowest BCUT2D eigenvalue weighted by Crippen LogP contribution is -2.47. The summed E-state index contributed by atoms with van der Waals surface area (Å²) in [5.74, 6) is -2.14. The number of hydrogen-bond acceptors (Lipinski definition) is 4. The first-order chi connectivity index (χ1) is 10.4. The van der Waals surface area contributed by atoms with Crippen molar-refractivity contribution in [2.75, 3.05) is 19.6 Å². The van der Waals surface area contributed by atoms with Crippen LogP contribution < -0.4 is 16.0 Å². The van der Waals surface area contributed by atoms with Crippen molar-refractivity contribution in [1.29, 1.82) is 0 Å². The van der Waals surface area contributed by atoms with Gasteiger partial charge in [0, 0.05) is 13.5 Å². The molecule has 0 aromatic heterocycles. The molecule has 8 nitrogen and oxygen atoms in total. The van der Waals surface area contributed by atoms with Crippen LogP contribution in [-0.4, -0.2) is 48.4 Å². The van der Waals surface area contributed by atoms with Crippen molar-refractivity contribution in [2.45, 2.75) is 39.0 Å². The third-order valence-electron chi connectivity index (χ3n) is 3.83. The molecule has 1 fully saturated rings. The first-order valence-electron chi connectivity index (χ1n) is 7.37. The second kappa shape index (κ2) is 8.35. The highest BCUT2D eigenvalue weighted by Crippen LogP contribution is 2.35. The summed E-state index contributed by atoms with van der Waals surface area (Å²) >= 11 is 0. The number of aliphatic carboxylic acids is 1. The molecule has 4 N–H and O–H groups in total. The summed E-state index contributed by atoms with van der Waals surface area (Å²) in [6.45, 7) is 0.925. The van der Waals surface area contributed by atoms with E-state index >= 15 is 0 Å². The van der Waals surface area contributed by atoms with E-state index in [2.05, 4.69) is 16.0 Å². The SMILES string of the molecule is CC(=O)NCC(=O)NCC(=O)NCC1(C(=O)O)CCCCC1. The van der Waals surface area contributed by atoms with Gasteiger partial charge in [-0.3, -0.25) is 19.2 Å². The fraction of sp³-hybridized carbons (Fsp3) is 0.714. The van der Waals surface area contributed by atoms with Gasteiger partial charge >= 0.3 is 5.97 Å². The zero-order valence-corrected chi connectivity index (χ0v) is 12.7. The largest absolute Gasteiger partial charge is 0.481 e. The van der Waals surface area contributed by atoms with Crippen molar-refractivity contribution in [2.24, 2.45) is 5.41 Å². The maximum atomic E-state index is 11.7. The summed E-state index contributed by atoms with van der Waals surface area (Å²) in [4.78, 5) is 45.1. The minimum absolute atomic E-state index is 0.0722. The Kier molecular flexibility index (Phi) is 6.81. The summed E-state index contributed by atoms with van der Waals surface area (Å²) in [6.07, 6.45) is 3.81. The van der Waals surface area contributed by atoms with Crippen molar-refractivity contribution in [3.05, 3.63) is 0 Å². The number of carbonyl (C=O) groups is 4. The average Bonchev–Trinajstić information content (AvgIpc) is 2.49. The van der Waals surface area contributed by atoms with Gasteiger partial charge in [-0.1, -0.05) is 19.3 Å². The summed E-state index contributed by atoms with van der Waals surface area (Å²) in [7, 11) is 0. The van der Waals surface area contributed by atoms with Crippen LogP contribution in [-0.2, 0) is 19.2 Å².